The smallest absolute Gasteiger partial charge is 0.185 e. The van der Waals surface area contributed by atoms with Crippen molar-refractivity contribution in [1.82, 2.24) is 10.3 Å². The predicted molar refractivity (Wildman–Crippen MR) is 83.2 cm³/mol. The third-order valence-corrected chi connectivity index (χ3v) is 4.33. The van der Waals surface area contributed by atoms with Crippen molar-refractivity contribution in [3.05, 3.63) is 10.6 Å². The maximum atomic E-state index is 5.21. The molecule has 0 spiro atoms. The molecule has 0 aromatic carbocycles. The Hall–Kier alpha value is -0.650. The maximum absolute atomic E-state index is 5.21. The van der Waals surface area contributed by atoms with Gasteiger partial charge in [0.15, 0.2) is 5.13 Å². The molecule has 0 bridgehead atoms. The molecule has 1 heterocycles. The highest BCUT2D eigenvalue weighted by molar-refractivity contribution is 7.15. The van der Waals surface area contributed by atoms with Crippen LogP contribution in [0.1, 0.15) is 38.3 Å². The minimum absolute atomic E-state index is 0.340. The zero-order valence-corrected chi connectivity index (χ0v) is 13.8. The van der Waals surface area contributed by atoms with E-state index in [9.17, 15) is 0 Å². The fourth-order valence-corrected chi connectivity index (χ4v) is 2.94. The van der Waals surface area contributed by atoms with Gasteiger partial charge in [-0.2, -0.15) is 0 Å². The van der Waals surface area contributed by atoms with Gasteiger partial charge >= 0.3 is 0 Å². The summed E-state index contributed by atoms with van der Waals surface area (Å²) in [6.07, 6.45) is 0.984. The van der Waals surface area contributed by atoms with Gasteiger partial charge in [-0.3, -0.25) is 0 Å². The molecule has 1 rings (SSSR count). The van der Waals surface area contributed by atoms with Gasteiger partial charge in [-0.05, 0) is 13.3 Å². The second-order valence-corrected chi connectivity index (χ2v) is 6.23. The number of nitrogens with one attached hydrogen (secondary N) is 1. The molecule has 5 heteroatoms. The van der Waals surface area contributed by atoms with Crippen molar-refractivity contribution in [1.29, 1.82) is 0 Å². The standard InChI is InChI=1S/C14H27N3OS/c1-7-12-13(8-15-10(2)3)19-14(16-12)17(5)11(4)9-18-6/h10-11,15H,7-9H2,1-6H3. The normalized spacial score (nSPS) is 13.0. The summed E-state index contributed by atoms with van der Waals surface area (Å²) in [5.41, 5.74) is 1.21. The van der Waals surface area contributed by atoms with Gasteiger partial charge in [0.1, 0.15) is 0 Å². The molecule has 19 heavy (non-hydrogen) atoms. The van der Waals surface area contributed by atoms with Crippen molar-refractivity contribution in [2.75, 3.05) is 25.7 Å². The van der Waals surface area contributed by atoms with Gasteiger partial charge in [-0.15, -0.1) is 11.3 Å². The molecule has 1 aromatic heterocycles. The van der Waals surface area contributed by atoms with Crippen molar-refractivity contribution >= 4 is 16.5 Å². The van der Waals surface area contributed by atoms with Crippen LogP contribution in [0.4, 0.5) is 5.13 Å². The van der Waals surface area contributed by atoms with E-state index in [1.54, 1.807) is 18.4 Å². The van der Waals surface area contributed by atoms with Gasteiger partial charge in [0.25, 0.3) is 0 Å². The van der Waals surface area contributed by atoms with Gasteiger partial charge in [-0.1, -0.05) is 20.8 Å². The van der Waals surface area contributed by atoms with E-state index in [1.165, 1.54) is 10.6 Å². The van der Waals surface area contributed by atoms with Crippen LogP contribution in [-0.4, -0.2) is 37.8 Å². The number of aryl methyl sites for hydroxylation is 1. The Labute approximate surface area is 121 Å². The van der Waals surface area contributed by atoms with Crippen molar-refractivity contribution < 1.29 is 4.74 Å². The fraction of sp³-hybridized carbons (Fsp3) is 0.786. The molecule has 110 valence electrons. The number of hydrogen-bond acceptors (Lipinski definition) is 5. The van der Waals surface area contributed by atoms with Gasteiger partial charge < -0.3 is 15.0 Å². The van der Waals surface area contributed by atoms with E-state index in [2.05, 4.69) is 45.0 Å². The highest BCUT2D eigenvalue weighted by Crippen LogP contribution is 2.27. The lowest BCUT2D eigenvalue weighted by molar-refractivity contribution is 0.183. The number of anilines is 1. The Morgan fingerprint density at radius 2 is 2.05 bits per heavy atom. The fourth-order valence-electron chi connectivity index (χ4n) is 1.77. The van der Waals surface area contributed by atoms with Gasteiger partial charge in [0.05, 0.1) is 18.3 Å². The van der Waals surface area contributed by atoms with Crippen LogP contribution >= 0.6 is 11.3 Å². The van der Waals surface area contributed by atoms with E-state index >= 15 is 0 Å². The first-order valence-electron chi connectivity index (χ1n) is 6.93. The minimum atomic E-state index is 0.340. The van der Waals surface area contributed by atoms with E-state index in [4.69, 9.17) is 9.72 Å². The molecular formula is C14H27N3OS. The Balaban J connectivity index is 2.79. The Morgan fingerprint density at radius 1 is 1.37 bits per heavy atom. The number of methoxy groups -OCH3 is 1. The van der Waals surface area contributed by atoms with E-state index in [0.29, 0.717) is 12.1 Å². The second kappa shape index (κ2) is 7.82. The molecule has 4 nitrogen and oxygen atoms in total. The molecule has 0 aliphatic carbocycles. The lowest BCUT2D eigenvalue weighted by Gasteiger charge is -2.23. The predicted octanol–water partition coefficient (Wildman–Crippen LogP) is 2.67. The van der Waals surface area contributed by atoms with Gasteiger partial charge in [0.2, 0.25) is 0 Å². The monoisotopic (exact) mass is 285 g/mol. The Bertz CT molecular complexity index is 379. The van der Waals surface area contributed by atoms with Crippen LogP contribution in [0.3, 0.4) is 0 Å². The summed E-state index contributed by atoms with van der Waals surface area (Å²) in [7, 11) is 3.82. The lowest BCUT2D eigenvalue weighted by atomic mass is 10.3. The van der Waals surface area contributed by atoms with Crippen LogP contribution in [0.2, 0.25) is 0 Å². The molecule has 1 aromatic rings. The summed E-state index contributed by atoms with van der Waals surface area (Å²) in [5.74, 6) is 0. The molecule has 1 atom stereocenters. The number of aromatic nitrogens is 1. The average molecular weight is 285 g/mol. The maximum Gasteiger partial charge on any atom is 0.185 e. The SMILES string of the molecule is CCc1nc(N(C)C(C)COC)sc1CNC(C)C. The summed E-state index contributed by atoms with van der Waals surface area (Å²) in [6, 6.07) is 0.840. The van der Waals surface area contributed by atoms with E-state index in [1.807, 2.05) is 0 Å². The molecule has 0 saturated carbocycles. The summed E-state index contributed by atoms with van der Waals surface area (Å²) < 4.78 is 5.21. The number of likely N-dealkylation sites (N-methyl/N-ethyl adjacent to an activating group) is 1. The largest absolute Gasteiger partial charge is 0.383 e. The van der Waals surface area contributed by atoms with Gasteiger partial charge in [-0.25, -0.2) is 4.98 Å². The number of ether oxygens (including phenoxy) is 1. The first-order chi connectivity index (χ1) is 8.99. The topological polar surface area (TPSA) is 37.4 Å². The minimum Gasteiger partial charge on any atom is -0.383 e. The third kappa shape index (κ3) is 4.75. The molecule has 0 fully saturated rings. The van der Waals surface area contributed by atoms with Crippen LogP contribution in [-0.2, 0) is 17.7 Å². The molecule has 0 amide bonds. The molecule has 0 aliphatic rings. The second-order valence-electron chi connectivity index (χ2n) is 5.17. The van der Waals surface area contributed by atoms with Crippen molar-refractivity contribution in [3.63, 3.8) is 0 Å². The Morgan fingerprint density at radius 3 is 2.58 bits per heavy atom. The molecule has 0 radical (unpaired) electrons. The number of hydrogen-bond donors (Lipinski definition) is 1. The summed E-state index contributed by atoms with van der Waals surface area (Å²) in [4.78, 5) is 8.31. The lowest BCUT2D eigenvalue weighted by Crippen LogP contribution is -2.32. The van der Waals surface area contributed by atoms with Crippen LogP contribution in [0, 0.1) is 0 Å². The number of thiazole rings is 1. The highest BCUT2D eigenvalue weighted by Gasteiger charge is 2.16. The van der Waals surface area contributed by atoms with Crippen molar-refractivity contribution in [3.8, 4) is 0 Å². The number of rotatable bonds is 8. The first-order valence-corrected chi connectivity index (χ1v) is 7.74. The van der Waals surface area contributed by atoms with E-state index in [-0.39, 0.29) is 0 Å². The Kier molecular flexibility index (Phi) is 6.75. The highest BCUT2D eigenvalue weighted by atomic mass is 32.1. The van der Waals surface area contributed by atoms with Crippen molar-refractivity contribution in [2.24, 2.45) is 0 Å². The average Bonchev–Trinajstić information content (AvgIpc) is 2.78. The first kappa shape index (κ1) is 16.4. The molecular weight excluding hydrogens is 258 g/mol. The van der Waals surface area contributed by atoms with Crippen LogP contribution in [0.25, 0.3) is 0 Å². The van der Waals surface area contributed by atoms with E-state index in [0.717, 1.165) is 24.7 Å². The van der Waals surface area contributed by atoms with Gasteiger partial charge in [0, 0.05) is 31.6 Å². The summed E-state index contributed by atoms with van der Waals surface area (Å²) in [5, 5.41) is 4.56. The molecule has 1 unspecified atom stereocenters. The van der Waals surface area contributed by atoms with E-state index < -0.39 is 0 Å². The summed E-state index contributed by atoms with van der Waals surface area (Å²) >= 11 is 1.79. The van der Waals surface area contributed by atoms with Crippen LogP contribution < -0.4 is 10.2 Å². The quantitative estimate of drug-likeness (QED) is 0.797. The molecule has 1 N–H and O–H groups in total. The molecule has 0 saturated heterocycles. The zero-order chi connectivity index (χ0) is 14.4. The summed E-state index contributed by atoms with van der Waals surface area (Å²) in [6.45, 7) is 10.3. The van der Waals surface area contributed by atoms with Crippen LogP contribution in [0.15, 0.2) is 0 Å². The van der Waals surface area contributed by atoms with Crippen LogP contribution in [0.5, 0.6) is 0 Å². The van der Waals surface area contributed by atoms with Crippen molar-refractivity contribution in [2.45, 2.75) is 52.7 Å². The number of nitrogens with zero attached hydrogens (tertiary/aromatic N) is 2. The third-order valence-electron chi connectivity index (χ3n) is 3.14. The molecule has 0 aliphatic heterocycles. The zero-order valence-electron chi connectivity index (χ0n) is 13.0.